The normalized spacial score (nSPS) is 17.2. The van der Waals surface area contributed by atoms with Crippen molar-refractivity contribution in [3.8, 4) is 28.0 Å². The second-order valence-corrected chi connectivity index (χ2v) is 11.0. The molecule has 1 saturated heterocycles. The largest absolute Gasteiger partial charge is 0.490 e. The maximum absolute atomic E-state index is 15.1. The average molecular weight is 625 g/mol. The molecule has 3 aromatic rings. The van der Waals surface area contributed by atoms with Crippen molar-refractivity contribution < 1.29 is 45.3 Å². The molecule has 10 heteroatoms. The number of ether oxygens (including phenoxy) is 4. The van der Waals surface area contributed by atoms with Crippen LogP contribution in [0.1, 0.15) is 70.8 Å². The summed E-state index contributed by atoms with van der Waals surface area (Å²) in [5.41, 5.74) is -1.24. The maximum atomic E-state index is 15.1. The van der Waals surface area contributed by atoms with E-state index in [1.165, 1.54) is 36.4 Å². The van der Waals surface area contributed by atoms with Crippen molar-refractivity contribution in [2.45, 2.75) is 77.8 Å². The van der Waals surface area contributed by atoms with Crippen molar-refractivity contribution >= 4 is 0 Å². The Morgan fingerprint density at radius 2 is 1.25 bits per heavy atom. The van der Waals surface area contributed by atoms with Crippen LogP contribution in [0.15, 0.2) is 48.5 Å². The number of halogens is 6. The Morgan fingerprint density at radius 1 is 0.682 bits per heavy atom. The van der Waals surface area contributed by atoms with E-state index in [9.17, 15) is 22.0 Å². The second kappa shape index (κ2) is 15.8. The van der Waals surface area contributed by atoms with Crippen LogP contribution < -0.4 is 4.74 Å². The molecule has 0 unspecified atom stereocenters. The number of unbranched alkanes of at least 4 members (excludes halogenated alkanes) is 5. The van der Waals surface area contributed by atoms with E-state index in [1.807, 2.05) is 0 Å². The van der Waals surface area contributed by atoms with Crippen molar-refractivity contribution in [3.63, 3.8) is 0 Å². The van der Waals surface area contributed by atoms with Gasteiger partial charge in [-0.3, -0.25) is 4.74 Å². The summed E-state index contributed by atoms with van der Waals surface area (Å²) in [5.74, 6) is -5.67. The van der Waals surface area contributed by atoms with Crippen LogP contribution in [0.2, 0.25) is 0 Å². The maximum Gasteiger partial charge on any atom is 0.390 e. The van der Waals surface area contributed by atoms with Crippen molar-refractivity contribution in [2.75, 3.05) is 19.8 Å². The fourth-order valence-corrected chi connectivity index (χ4v) is 5.03. The smallest absolute Gasteiger partial charge is 0.390 e. The van der Waals surface area contributed by atoms with Crippen LogP contribution in [0.4, 0.5) is 26.3 Å². The van der Waals surface area contributed by atoms with Crippen LogP contribution in [0, 0.1) is 29.2 Å². The Balaban J connectivity index is 1.42. The Morgan fingerprint density at radius 3 is 1.86 bits per heavy atom. The minimum Gasteiger partial charge on any atom is -0.490 e. The number of hydrogen-bond acceptors (Lipinski definition) is 4. The summed E-state index contributed by atoms with van der Waals surface area (Å²) in [6.45, 7) is 3.00. The van der Waals surface area contributed by atoms with Crippen LogP contribution >= 0.6 is 0 Å². The predicted octanol–water partition coefficient (Wildman–Crippen LogP) is 10.1. The van der Waals surface area contributed by atoms with Crippen molar-refractivity contribution in [3.05, 3.63) is 77.4 Å². The van der Waals surface area contributed by atoms with Crippen molar-refractivity contribution in [2.24, 2.45) is 5.92 Å². The molecule has 3 aromatic carbocycles. The van der Waals surface area contributed by atoms with Gasteiger partial charge >= 0.3 is 6.11 Å². The zero-order valence-corrected chi connectivity index (χ0v) is 25.0. The molecule has 0 amide bonds. The van der Waals surface area contributed by atoms with Gasteiger partial charge in [0, 0.05) is 17.0 Å². The molecule has 4 rings (SSSR count). The monoisotopic (exact) mass is 624 g/mol. The van der Waals surface area contributed by atoms with E-state index in [0.717, 1.165) is 63.5 Å². The summed E-state index contributed by atoms with van der Waals surface area (Å²) in [6.07, 6.45) is 3.37. The van der Waals surface area contributed by atoms with Gasteiger partial charge in [0.05, 0.1) is 25.4 Å². The molecule has 1 aliphatic rings. The molecular weight excluding hydrogens is 586 g/mol. The highest BCUT2D eigenvalue weighted by Gasteiger charge is 2.42. The number of benzene rings is 3. The molecular formula is C34H38F6O4. The molecule has 0 N–H and O–H groups in total. The van der Waals surface area contributed by atoms with Gasteiger partial charge in [0.25, 0.3) is 6.48 Å². The van der Waals surface area contributed by atoms with Crippen LogP contribution in [0.25, 0.3) is 22.3 Å². The second-order valence-electron chi connectivity index (χ2n) is 11.0. The van der Waals surface area contributed by atoms with Gasteiger partial charge < -0.3 is 14.2 Å². The lowest BCUT2D eigenvalue weighted by molar-refractivity contribution is -0.412. The molecule has 0 spiro atoms. The zero-order valence-electron chi connectivity index (χ0n) is 25.0. The fourth-order valence-electron chi connectivity index (χ4n) is 5.03. The van der Waals surface area contributed by atoms with Gasteiger partial charge in [0.1, 0.15) is 0 Å². The Kier molecular flexibility index (Phi) is 12.1. The van der Waals surface area contributed by atoms with E-state index < -0.39 is 41.4 Å². The van der Waals surface area contributed by atoms with E-state index in [-0.39, 0.29) is 53.7 Å². The summed E-state index contributed by atoms with van der Waals surface area (Å²) in [5, 5.41) is 0. The van der Waals surface area contributed by atoms with Gasteiger partial charge in [-0.25, -0.2) is 13.2 Å². The molecule has 0 aliphatic carbocycles. The fraction of sp³-hybridized carbons (Fsp3) is 0.471. The van der Waals surface area contributed by atoms with E-state index in [2.05, 4.69) is 18.6 Å². The number of rotatable bonds is 15. The van der Waals surface area contributed by atoms with E-state index in [4.69, 9.17) is 14.2 Å². The van der Waals surface area contributed by atoms with Crippen molar-refractivity contribution in [1.82, 2.24) is 0 Å². The summed E-state index contributed by atoms with van der Waals surface area (Å²) >= 11 is 0. The topological polar surface area (TPSA) is 36.9 Å². The molecule has 0 bridgehead atoms. The van der Waals surface area contributed by atoms with Crippen LogP contribution in [-0.4, -0.2) is 26.3 Å². The average Bonchev–Trinajstić information content (AvgIpc) is 3.01. The lowest BCUT2D eigenvalue weighted by Crippen LogP contribution is -2.38. The van der Waals surface area contributed by atoms with Crippen LogP contribution in [-0.2, 0) is 20.3 Å². The molecule has 44 heavy (non-hydrogen) atoms. The summed E-state index contributed by atoms with van der Waals surface area (Å²) < 4.78 is 110. The minimum atomic E-state index is -4.24. The summed E-state index contributed by atoms with van der Waals surface area (Å²) in [4.78, 5) is 0. The molecule has 0 saturated carbocycles. The third-order valence-corrected chi connectivity index (χ3v) is 7.60. The number of hydrogen-bond donors (Lipinski definition) is 0. The standard InChI is InChI=1S/C34H38F6O4/c1-3-5-7-9-19-41-28-18-16-26(30(36)32(28)38)24-13-11-23(12-14-24)25-15-17-27(31(37)29(25)35)34(39,40)44-33-42-20-22(21-43-33)10-8-6-4-2/h11-18,22,33H,3-10,19-21H2,1-2H3. The molecule has 0 radical (unpaired) electrons. The summed E-state index contributed by atoms with van der Waals surface area (Å²) in [7, 11) is 0. The zero-order chi connectivity index (χ0) is 31.7. The van der Waals surface area contributed by atoms with Crippen LogP contribution in [0.5, 0.6) is 5.75 Å². The lowest BCUT2D eigenvalue weighted by Gasteiger charge is -2.31. The number of alkyl halides is 2. The third-order valence-electron chi connectivity index (χ3n) is 7.60. The van der Waals surface area contributed by atoms with Gasteiger partial charge in [0.15, 0.2) is 23.2 Å². The molecule has 4 nitrogen and oxygen atoms in total. The van der Waals surface area contributed by atoms with Gasteiger partial charge in [-0.2, -0.15) is 13.2 Å². The highest BCUT2D eigenvalue weighted by atomic mass is 19.3. The van der Waals surface area contributed by atoms with Gasteiger partial charge in [-0.1, -0.05) is 82.7 Å². The summed E-state index contributed by atoms with van der Waals surface area (Å²) in [6, 6.07) is 9.96. The quantitative estimate of drug-likeness (QED) is 0.125. The first-order chi connectivity index (χ1) is 21.2. The first-order valence-corrected chi connectivity index (χ1v) is 15.1. The Hall–Kier alpha value is -3.08. The van der Waals surface area contributed by atoms with E-state index in [0.29, 0.717) is 0 Å². The molecule has 1 fully saturated rings. The highest BCUT2D eigenvalue weighted by molar-refractivity contribution is 5.71. The Bertz CT molecular complexity index is 1360. The molecule has 1 heterocycles. The van der Waals surface area contributed by atoms with Gasteiger partial charge in [-0.05, 0) is 42.2 Å². The Labute approximate surface area is 254 Å². The van der Waals surface area contributed by atoms with Gasteiger partial charge in [-0.15, -0.1) is 0 Å². The van der Waals surface area contributed by atoms with E-state index >= 15 is 4.39 Å². The molecule has 240 valence electrons. The highest BCUT2D eigenvalue weighted by Crippen LogP contribution is 2.38. The molecule has 1 aliphatic heterocycles. The third kappa shape index (κ3) is 8.34. The first kappa shape index (κ1) is 33.8. The lowest BCUT2D eigenvalue weighted by atomic mass is 9.98. The van der Waals surface area contributed by atoms with Crippen LogP contribution in [0.3, 0.4) is 0 Å². The SMILES string of the molecule is CCCCCCOc1ccc(-c2ccc(-c3ccc(C(F)(F)OC4OCC(CCCCC)CO4)c(F)c3F)cc2)c(F)c1F. The molecule has 0 atom stereocenters. The first-order valence-electron chi connectivity index (χ1n) is 15.1. The molecule has 0 aromatic heterocycles. The van der Waals surface area contributed by atoms with Gasteiger partial charge in [0.2, 0.25) is 5.82 Å². The minimum absolute atomic E-state index is 0.0453. The van der Waals surface area contributed by atoms with Crippen molar-refractivity contribution in [1.29, 1.82) is 0 Å². The predicted molar refractivity (Wildman–Crippen MR) is 155 cm³/mol. The van der Waals surface area contributed by atoms with E-state index in [1.54, 1.807) is 0 Å².